The van der Waals surface area contributed by atoms with Crippen molar-refractivity contribution in [2.75, 3.05) is 18.9 Å². The van der Waals surface area contributed by atoms with E-state index in [2.05, 4.69) is 5.32 Å². The topological polar surface area (TPSA) is 81.4 Å². The van der Waals surface area contributed by atoms with Crippen molar-refractivity contribution in [1.82, 2.24) is 5.32 Å². The van der Waals surface area contributed by atoms with Crippen LogP contribution in [0.2, 0.25) is 0 Å². The third-order valence-electron chi connectivity index (χ3n) is 4.49. The molecule has 5 nitrogen and oxygen atoms in total. The fraction of sp³-hybridized carbons (Fsp3) is 0.333. The average Bonchev–Trinajstić information content (AvgIpc) is 3.20. The van der Waals surface area contributed by atoms with Gasteiger partial charge >= 0.3 is 0 Å². The van der Waals surface area contributed by atoms with Crippen molar-refractivity contribution in [3.05, 3.63) is 65.2 Å². The van der Waals surface area contributed by atoms with Gasteiger partial charge in [-0.25, -0.2) is 0 Å². The fourth-order valence-electron chi connectivity index (χ4n) is 3.03. The summed E-state index contributed by atoms with van der Waals surface area (Å²) < 4.78 is 5.66. The Balaban J connectivity index is 1.54. The molecule has 1 unspecified atom stereocenters. The van der Waals surface area contributed by atoms with Gasteiger partial charge in [0.2, 0.25) is 5.91 Å². The number of nitrogens with two attached hydrogens (primary N) is 1. The molecule has 1 fully saturated rings. The normalized spacial score (nSPS) is 16.2. The molecule has 2 amide bonds. The third-order valence-corrected chi connectivity index (χ3v) is 5.70. The molecule has 3 N–H and O–H groups in total. The third kappa shape index (κ3) is 5.58. The van der Waals surface area contributed by atoms with Crippen molar-refractivity contribution in [2.45, 2.75) is 30.3 Å². The second-order valence-corrected chi connectivity index (χ2v) is 7.57. The number of rotatable bonds is 8. The zero-order chi connectivity index (χ0) is 19.1. The average molecular weight is 385 g/mol. The summed E-state index contributed by atoms with van der Waals surface area (Å²) >= 11 is 1.67. The summed E-state index contributed by atoms with van der Waals surface area (Å²) in [6, 6.07) is 14.8. The Hall–Kier alpha value is -2.31. The van der Waals surface area contributed by atoms with Crippen LogP contribution in [0.1, 0.15) is 39.1 Å². The van der Waals surface area contributed by atoms with Crippen molar-refractivity contribution in [1.29, 1.82) is 0 Å². The van der Waals surface area contributed by atoms with Crippen molar-refractivity contribution in [2.24, 2.45) is 5.73 Å². The highest BCUT2D eigenvalue weighted by Crippen LogP contribution is 2.26. The molecule has 1 heterocycles. The second-order valence-electron chi connectivity index (χ2n) is 6.51. The number of ether oxygens (including phenoxy) is 1. The van der Waals surface area contributed by atoms with Crippen molar-refractivity contribution in [3.63, 3.8) is 0 Å². The summed E-state index contributed by atoms with van der Waals surface area (Å²) in [4.78, 5) is 24.8. The van der Waals surface area contributed by atoms with Crippen LogP contribution in [0.5, 0.6) is 0 Å². The first-order chi connectivity index (χ1) is 13.1. The minimum Gasteiger partial charge on any atom is -0.377 e. The van der Waals surface area contributed by atoms with Crippen LogP contribution >= 0.6 is 11.8 Å². The Labute approximate surface area is 163 Å². The lowest BCUT2D eigenvalue weighted by atomic mass is 10.1. The first-order valence-electron chi connectivity index (χ1n) is 9.14. The van der Waals surface area contributed by atoms with E-state index in [9.17, 15) is 9.59 Å². The Morgan fingerprint density at radius 1 is 1.19 bits per heavy atom. The predicted octanol–water partition coefficient (Wildman–Crippen LogP) is 3.03. The van der Waals surface area contributed by atoms with Crippen molar-refractivity contribution in [3.8, 4) is 0 Å². The SMILES string of the molecule is NC(=O)c1cccc(CCNC(=O)c2ccccc2SCC2CCCO2)c1. The molecule has 0 bridgehead atoms. The number of primary amides is 1. The number of carbonyl (C=O) groups is 2. The molecular weight excluding hydrogens is 360 g/mol. The number of benzene rings is 2. The summed E-state index contributed by atoms with van der Waals surface area (Å²) in [6.45, 7) is 1.33. The molecule has 0 spiro atoms. The van der Waals surface area contributed by atoms with Crippen LogP contribution in [0.25, 0.3) is 0 Å². The lowest BCUT2D eigenvalue weighted by molar-refractivity contribution is 0.0949. The van der Waals surface area contributed by atoms with Gasteiger partial charge in [0.25, 0.3) is 5.91 Å². The van der Waals surface area contributed by atoms with E-state index in [1.54, 1.807) is 30.0 Å². The molecule has 0 aromatic heterocycles. The molecule has 3 rings (SSSR count). The van der Waals surface area contributed by atoms with E-state index in [0.29, 0.717) is 24.1 Å². The second kappa shape index (κ2) is 9.58. The molecule has 2 aromatic carbocycles. The van der Waals surface area contributed by atoms with Crippen LogP contribution < -0.4 is 11.1 Å². The highest BCUT2D eigenvalue weighted by atomic mass is 32.2. The summed E-state index contributed by atoms with van der Waals surface area (Å²) in [5.41, 5.74) is 7.44. The molecule has 1 saturated heterocycles. The maximum absolute atomic E-state index is 12.6. The summed E-state index contributed by atoms with van der Waals surface area (Å²) in [7, 11) is 0. The molecule has 0 saturated carbocycles. The molecule has 27 heavy (non-hydrogen) atoms. The number of carbonyl (C=O) groups excluding carboxylic acids is 2. The van der Waals surface area contributed by atoms with Crippen LogP contribution in [0.3, 0.4) is 0 Å². The van der Waals surface area contributed by atoms with Gasteiger partial charge in [0.1, 0.15) is 0 Å². The van der Waals surface area contributed by atoms with E-state index in [-0.39, 0.29) is 12.0 Å². The van der Waals surface area contributed by atoms with Gasteiger partial charge in [0, 0.05) is 29.4 Å². The minimum atomic E-state index is -0.446. The maximum Gasteiger partial charge on any atom is 0.252 e. The molecule has 1 aliphatic rings. The van der Waals surface area contributed by atoms with E-state index in [1.807, 2.05) is 30.3 Å². The highest BCUT2D eigenvalue weighted by molar-refractivity contribution is 7.99. The molecular formula is C21H24N2O3S. The summed E-state index contributed by atoms with van der Waals surface area (Å²) in [5, 5.41) is 2.96. The Morgan fingerprint density at radius 3 is 2.81 bits per heavy atom. The molecule has 6 heteroatoms. The maximum atomic E-state index is 12.6. The smallest absolute Gasteiger partial charge is 0.252 e. The van der Waals surface area contributed by atoms with Crippen LogP contribution in [0, 0.1) is 0 Å². The van der Waals surface area contributed by atoms with E-state index in [0.717, 1.165) is 35.7 Å². The number of hydrogen-bond acceptors (Lipinski definition) is 4. The number of thioether (sulfide) groups is 1. The lowest BCUT2D eigenvalue weighted by Gasteiger charge is -2.12. The van der Waals surface area contributed by atoms with Gasteiger partial charge in [-0.15, -0.1) is 11.8 Å². The number of nitrogens with one attached hydrogen (secondary N) is 1. The van der Waals surface area contributed by atoms with Gasteiger partial charge in [-0.3, -0.25) is 9.59 Å². The molecule has 0 aliphatic carbocycles. The Morgan fingerprint density at radius 2 is 2.04 bits per heavy atom. The standard InChI is InChI=1S/C21H24N2O3S/c22-20(24)16-6-3-5-15(13-16)10-11-23-21(25)18-8-1-2-9-19(18)27-14-17-7-4-12-26-17/h1-3,5-6,8-9,13,17H,4,7,10-12,14H2,(H2,22,24)(H,23,25). The van der Waals surface area contributed by atoms with Gasteiger partial charge in [-0.05, 0) is 49.1 Å². The first kappa shape index (κ1) is 19.5. The molecule has 1 aliphatic heterocycles. The highest BCUT2D eigenvalue weighted by Gasteiger charge is 2.17. The van der Waals surface area contributed by atoms with E-state index in [4.69, 9.17) is 10.5 Å². The van der Waals surface area contributed by atoms with Gasteiger partial charge in [0.05, 0.1) is 11.7 Å². The van der Waals surface area contributed by atoms with Crippen molar-refractivity contribution < 1.29 is 14.3 Å². The van der Waals surface area contributed by atoms with E-state index >= 15 is 0 Å². The van der Waals surface area contributed by atoms with Gasteiger partial charge in [0.15, 0.2) is 0 Å². The quantitative estimate of drug-likeness (QED) is 0.686. The predicted molar refractivity (Wildman–Crippen MR) is 107 cm³/mol. The number of hydrogen-bond donors (Lipinski definition) is 2. The van der Waals surface area contributed by atoms with E-state index < -0.39 is 5.91 Å². The molecule has 0 radical (unpaired) electrons. The Kier molecular flexibility index (Phi) is 6.90. The molecule has 142 valence electrons. The fourth-order valence-corrected chi connectivity index (χ4v) is 4.15. The van der Waals surface area contributed by atoms with Crippen LogP contribution in [0.15, 0.2) is 53.4 Å². The number of amides is 2. The van der Waals surface area contributed by atoms with Gasteiger partial charge < -0.3 is 15.8 Å². The van der Waals surface area contributed by atoms with Crippen molar-refractivity contribution >= 4 is 23.6 Å². The van der Waals surface area contributed by atoms with Crippen LogP contribution in [-0.2, 0) is 11.2 Å². The van der Waals surface area contributed by atoms with Gasteiger partial charge in [-0.1, -0.05) is 24.3 Å². The van der Waals surface area contributed by atoms with Crippen LogP contribution in [0.4, 0.5) is 0 Å². The largest absolute Gasteiger partial charge is 0.377 e. The lowest BCUT2D eigenvalue weighted by Crippen LogP contribution is -2.26. The summed E-state index contributed by atoms with van der Waals surface area (Å²) in [6.07, 6.45) is 3.12. The monoisotopic (exact) mass is 384 g/mol. The Bertz CT molecular complexity index is 804. The van der Waals surface area contributed by atoms with E-state index in [1.165, 1.54) is 0 Å². The van der Waals surface area contributed by atoms with Crippen LogP contribution in [-0.4, -0.2) is 36.8 Å². The first-order valence-corrected chi connectivity index (χ1v) is 10.1. The zero-order valence-electron chi connectivity index (χ0n) is 15.1. The van der Waals surface area contributed by atoms with Gasteiger partial charge in [-0.2, -0.15) is 0 Å². The zero-order valence-corrected chi connectivity index (χ0v) is 16.0. The minimum absolute atomic E-state index is 0.0866. The molecule has 1 atom stereocenters. The summed E-state index contributed by atoms with van der Waals surface area (Å²) in [5.74, 6) is 0.332. The molecule has 2 aromatic rings.